The molecular weight excluding hydrogens is 186 g/mol. The van der Waals surface area contributed by atoms with Crippen LogP contribution < -0.4 is 5.32 Å². The van der Waals surface area contributed by atoms with Gasteiger partial charge in [0.05, 0.1) is 0 Å². The first-order chi connectivity index (χ1) is 6.18. The first-order valence-corrected chi connectivity index (χ1v) is 4.63. The molecule has 13 heavy (non-hydrogen) atoms. The predicted octanol–water partition coefficient (Wildman–Crippen LogP) is 1.93. The molecule has 1 aliphatic rings. The summed E-state index contributed by atoms with van der Waals surface area (Å²) in [5, 5.41) is 3.43. The Labute approximate surface area is 81.9 Å². The van der Waals surface area contributed by atoms with Crippen LogP contribution in [0.1, 0.15) is 21.5 Å². The molecule has 1 N–H and O–H groups in total. The fraction of sp³-hybridized carbons (Fsp3) is 0.300. The van der Waals surface area contributed by atoms with Crippen molar-refractivity contribution in [3.63, 3.8) is 0 Å². The summed E-state index contributed by atoms with van der Waals surface area (Å²) in [5.41, 5.74) is 2.97. The molecule has 3 heteroatoms. The molecule has 0 fully saturated rings. The lowest BCUT2D eigenvalue weighted by atomic mass is 9.96. The second kappa shape index (κ2) is 3.04. The van der Waals surface area contributed by atoms with Gasteiger partial charge in [0.2, 0.25) is 0 Å². The highest BCUT2D eigenvalue weighted by molar-refractivity contribution is 6.31. The number of fused-ring (bicyclic) bond motifs is 1. The van der Waals surface area contributed by atoms with E-state index >= 15 is 0 Å². The summed E-state index contributed by atoms with van der Waals surface area (Å²) in [6.45, 7) is 2.72. The molecule has 0 unspecified atom stereocenters. The molecule has 0 spiro atoms. The molecule has 2 rings (SSSR count). The van der Waals surface area contributed by atoms with Crippen LogP contribution in [0, 0.1) is 6.92 Å². The Morgan fingerprint density at radius 2 is 2.23 bits per heavy atom. The second-order valence-corrected chi connectivity index (χ2v) is 3.69. The number of amides is 1. The van der Waals surface area contributed by atoms with Crippen LogP contribution in [0.4, 0.5) is 0 Å². The highest BCUT2D eigenvalue weighted by atomic mass is 35.5. The van der Waals surface area contributed by atoms with Crippen LogP contribution in [0.2, 0.25) is 5.02 Å². The van der Waals surface area contributed by atoms with Crippen LogP contribution in [-0.2, 0) is 6.42 Å². The smallest absolute Gasteiger partial charge is 0.251 e. The van der Waals surface area contributed by atoms with Crippen LogP contribution >= 0.6 is 11.6 Å². The first kappa shape index (κ1) is 8.57. The number of carbonyl (C=O) groups excluding carboxylic acids is 1. The molecule has 1 aromatic carbocycles. The maximum Gasteiger partial charge on any atom is 0.251 e. The van der Waals surface area contributed by atoms with Crippen LogP contribution in [0.25, 0.3) is 0 Å². The molecule has 1 aromatic rings. The Kier molecular flexibility index (Phi) is 2.00. The second-order valence-electron chi connectivity index (χ2n) is 3.25. The Hall–Kier alpha value is -1.02. The molecule has 0 saturated heterocycles. The Balaban J connectivity index is 2.63. The van der Waals surface area contributed by atoms with E-state index in [-0.39, 0.29) is 5.91 Å². The highest BCUT2D eigenvalue weighted by Gasteiger charge is 2.18. The van der Waals surface area contributed by atoms with Crippen LogP contribution in [0.5, 0.6) is 0 Å². The summed E-state index contributed by atoms with van der Waals surface area (Å²) in [6, 6.07) is 3.64. The number of benzene rings is 1. The van der Waals surface area contributed by atoms with Gasteiger partial charge in [0.1, 0.15) is 0 Å². The standard InChI is InChI=1S/C10H10ClNO/c1-6-4-7(11)5-9-8(6)2-3-12-10(9)13/h4-5H,2-3H2,1H3,(H,12,13). The number of rotatable bonds is 0. The summed E-state index contributed by atoms with van der Waals surface area (Å²) in [7, 11) is 0. The maximum absolute atomic E-state index is 11.4. The number of hydrogen-bond acceptors (Lipinski definition) is 1. The van der Waals surface area contributed by atoms with Crippen LogP contribution in [0.15, 0.2) is 12.1 Å². The maximum atomic E-state index is 11.4. The summed E-state index contributed by atoms with van der Waals surface area (Å²) in [6.07, 6.45) is 0.907. The molecule has 0 aromatic heterocycles. The van der Waals surface area contributed by atoms with Crippen LogP contribution in [-0.4, -0.2) is 12.5 Å². The van der Waals surface area contributed by atoms with E-state index in [2.05, 4.69) is 5.32 Å². The zero-order valence-electron chi connectivity index (χ0n) is 7.36. The summed E-state index contributed by atoms with van der Waals surface area (Å²) in [5.74, 6) is -0.00755. The molecule has 1 heterocycles. The largest absolute Gasteiger partial charge is 0.352 e. The molecule has 0 bridgehead atoms. The van der Waals surface area contributed by atoms with Gasteiger partial charge in [-0.1, -0.05) is 11.6 Å². The zero-order chi connectivity index (χ0) is 9.42. The van der Waals surface area contributed by atoms with E-state index in [0.29, 0.717) is 5.02 Å². The van der Waals surface area contributed by atoms with Gasteiger partial charge in [0, 0.05) is 17.1 Å². The normalized spacial score (nSPS) is 15.1. The monoisotopic (exact) mass is 195 g/mol. The van der Waals surface area contributed by atoms with Gasteiger partial charge in [-0.3, -0.25) is 4.79 Å². The third kappa shape index (κ3) is 1.42. The fourth-order valence-corrected chi connectivity index (χ4v) is 1.98. The average molecular weight is 196 g/mol. The minimum atomic E-state index is -0.00755. The topological polar surface area (TPSA) is 29.1 Å². The van der Waals surface area contributed by atoms with Crippen molar-refractivity contribution in [3.8, 4) is 0 Å². The lowest BCUT2D eigenvalue weighted by Gasteiger charge is -2.18. The van der Waals surface area contributed by atoms with E-state index < -0.39 is 0 Å². The number of halogens is 1. The minimum absolute atomic E-state index is 0.00755. The van der Waals surface area contributed by atoms with Gasteiger partial charge in [-0.05, 0) is 36.6 Å². The van der Waals surface area contributed by atoms with Crippen molar-refractivity contribution in [2.45, 2.75) is 13.3 Å². The third-order valence-corrected chi connectivity index (χ3v) is 2.56. The fourth-order valence-electron chi connectivity index (χ4n) is 1.70. The van der Waals surface area contributed by atoms with E-state index in [1.54, 1.807) is 6.07 Å². The van der Waals surface area contributed by atoms with Crippen molar-refractivity contribution in [3.05, 3.63) is 33.8 Å². The first-order valence-electron chi connectivity index (χ1n) is 4.25. The Morgan fingerprint density at radius 1 is 1.46 bits per heavy atom. The molecule has 0 atom stereocenters. The number of aryl methyl sites for hydroxylation is 1. The van der Waals surface area contributed by atoms with Gasteiger partial charge in [0.15, 0.2) is 0 Å². The quantitative estimate of drug-likeness (QED) is 0.674. The SMILES string of the molecule is Cc1cc(Cl)cc2c1CCNC2=O. The van der Waals surface area contributed by atoms with Crippen LogP contribution in [0.3, 0.4) is 0 Å². The number of nitrogens with one attached hydrogen (secondary N) is 1. The van der Waals surface area contributed by atoms with E-state index in [1.807, 2.05) is 13.0 Å². The van der Waals surface area contributed by atoms with Crippen molar-refractivity contribution in [2.75, 3.05) is 6.54 Å². The molecular formula is C10H10ClNO. The van der Waals surface area contributed by atoms with Gasteiger partial charge in [0.25, 0.3) is 5.91 Å². The average Bonchev–Trinajstić information content (AvgIpc) is 2.07. The molecule has 2 nitrogen and oxygen atoms in total. The van der Waals surface area contributed by atoms with Crippen molar-refractivity contribution >= 4 is 17.5 Å². The molecule has 0 aliphatic carbocycles. The Morgan fingerprint density at radius 3 is 3.00 bits per heavy atom. The van der Waals surface area contributed by atoms with E-state index in [9.17, 15) is 4.79 Å². The molecule has 0 saturated carbocycles. The zero-order valence-corrected chi connectivity index (χ0v) is 8.11. The minimum Gasteiger partial charge on any atom is -0.352 e. The molecule has 1 aliphatic heterocycles. The highest BCUT2D eigenvalue weighted by Crippen LogP contribution is 2.22. The van der Waals surface area contributed by atoms with Gasteiger partial charge in [-0.2, -0.15) is 0 Å². The van der Waals surface area contributed by atoms with Crippen molar-refractivity contribution in [1.82, 2.24) is 5.32 Å². The van der Waals surface area contributed by atoms with Crippen molar-refractivity contribution in [1.29, 1.82) is 0 Å². The van der Waals surface area contributed by atoms with Gasteiger partial charge in [-0.15, -0.1) is 0 Å². The van der Waals surface area contributed by atoms with Gasteiger partial charge in [-0.25, -0.2) is 0 Å². The van der Waals surface area contributed by atoms with Crippen molar-refractivity contribution < 1.29 is 4.79 Å². The molecule has 1 amide bonds. The van der Waals surface area contributed by atoms with E-state index in [0.717, 1.165) is 29.7 Å². The summed E-state index contributed by atoms with van der Waals surface area (Å²) < 4.78 is 0. The lowest BCUT2D eigenvalue weighted by molar-refractivity contribution is 0.0946. The van der Waals surface area contributed by atoms with Gasteiger partial charge >= 0.3 is 0 Å². The Bertz CT molecular complexity index is 373. The number of carbonyl (C=O) groups is 1. The van der Waals surface area contributed by atoms with Crippen molar-refractivity contribution in [2.24, 2.45) is 0 Å². The molecule has 0 radical (unpaired) electrons. The third-order valence-electron chi connectivity index (χ3n) is 2.34. The number of hydrogen-bond donors (Lipinski definition) is 1. The lowest BCUT2D eigenvalue weighted by Crippen LogP contribution is -2.32. The predicted molar refractivity (Wildman–Crippen MR) is 52.2 cm³/mol. The van der Waals surface area contributed by atoms with E-state index in [1.165, 1.54) is 0 Å². The summed E-state index contributed by atoms with van der Waals surface area (Å²) >= 11 is 5.87. The van der Waals surface area contributed by atoms with Gasteiger partial charge < -0.3 is 5.32 Å². The molecule has 68 valence electrons. The van der Waals surface area contributed by atoms with E-state index in [4.69, 9.17) is 11.6 Å². The summed E-state index contributed by atoms with van der Waals surface area (Å²) in [4.78, 5) is 11.4.